The molecule has 1 aromatic rings. The van der Waals surface area contributed by atoms with E-state index in [-0.39, 0.29) is 18.1 Å². The van der Waals surface area contributed by atoms with Crippen molar-refractivity contribution in [1.82, 2.24) is 0 Å². The number of benzene rings is 1. The van der Waals surface area contributed by atoms with Crippen LogP contribution in [-0.4, -0.2) is 12.6 Å². The minimum absolute atomic E-state index is 0.0309. The molecule has 0 radical (unpaired) electrons. The van der Waals surface area contributed by atoms with Gasteiger partial charge in [0.1, 0.15) is 5.82 Å². The van der Waals surface area contributed by atoms with Crippen LogP contribution < -0.4 is 0 Å². The molecule has 0 aliphatic heterocycles. The van der Waals surface area contributed by atoms with Gasteiger partial charge in [-0.25, -0.2) is 4.39 Å². The van der Waals surface area contributed by atoms with Gasteiger partial charge in [-0.3, -0.25) is 4.79 Å². The van der Waals surface area contributed by atoms with E-state index in [0.29, 0.717) is 5.56 Å². The van der Waals surface area contributed by atoms with E-state index in [1.807, 2.05) is 6.07 Å². The molecule has 3 nitrogen and oxygen atoms in total. The van der Waals surface area contributed by atoms with E-state index in [1.54, 1.807) is 6.92 Å². The monoisotopic (exact) mass is 269 g/mol. The molecule has 1 atom stereocenters. The van der Waals surface area contributed by atoms with Gasteiger partial charge in [0.25, 0.3) is 0 Å². The third-order valence-electron chi connectivity index (χ3n) is 2.51. The lowest BCUT2D eigenvalue weighted by Gasteiger charge is -2.19. The van der Waals surface area contributed by atoms with Crippen molar-refractivity contribution in [2.24, 2.45) is 5.41 Å². The molecule has 0 aromatic heterocycles. The standard InChI is InChI=1S/C13H13ClFNO2/c1-3-18-12(17)13(2,8-16)7-9-4-5-11(15)10(14)6-9/h4-6H,3,7H2,1-2H3. The Kier molecular flexibility index (Phi) is 4.69. The van der Waals surface area contributed by atoms with Crippen molar-refractivity contribution in [1.29, 1.82) is 5.26 Å². The molecule has 0 saturated carbocycles. The van der Waals surface area contributed by atoms with Crippen LogP contribution in [0.15, 0.2) is 18.2 Å². The number of hydrogen-bond donors (Lipinski definition) is 0. The Morgan fingerprint density at radius 3 is 2.78 bits per heavy atom. The number of rotatable bonds is 4. The molecule has 0 bridgehead atoms. The molecular formula is C13H13ClFNO2. The molecule has 0 heterocycles. The van der Waals surface area contributed by atoms with Crippen LogP contribution >= 0.6 is 11.6 Å². The van der Waals surface area contributed by atoms with Gasteiger partial charge in [-0.15, -0.1) is 0 Å². The highest BCUT2D eigenvalue weighted by Crippen LogP contribution is 2.26. The first-order valence-electron chi connectivity index (χ1n) is 5.45. The molecule has 1 aromatic carbocycles. The quantitative estimate of drug-likeness (QED) is 0.789. The molecule has 0 fully saturated rings. The molecule has 5 heteroatoms. The number of ether oxygens (including phenoxy) is 1. The average molecular weight is 270 g/mol. The van der Waals surface area contributed by atoms with Crippen LogP contribution in [0.4, 0.5) is 4.39 Å². The third-order valence-corrected chi connectivity index (χ3v) is 2.80. The summed E-state index contributed by atoms with van der Waals surface area (Å²) >= 11 is 5.65. The van der Waals surface area contributed by atoms with E-state index in [9.17, 15) is 9.18 Å². The van der Waals surface area contributed by atoms with Crippen LogP contribution in [0.5, 0.6) is 0 Å². The van der Waals surface area contributed by atoms with Crippen molar-refractivity contribution >= 4 is 17.6 Å². The van der Waals surface area contributed by atoms with E-state index in [1.165, 1.54) is 25.1 Å². The SMILES string of the molecule is CCOC(=O)C(C)(C#N)Cc1ccc(F)c(Cl)c1. The minimum atomic E-state index is -1.29. The number of carbonyl (C=O) groups excluding carboxylic acids is 1. The van der Waals surface area contributed by atoms with Crippen molar-refractivity contribution in [2.45, 2.75) is 20.3 Å². The zero-order chi connectivity index (χ0) is 13.8. The zero-order valence-electron chi connectivity index (χ0n) is 10.2. The highest BCUT2D eigenvalue weighted by Gasteiger charge is 2.35. The van der Waals surface area contributed by atoms with Crippen LogP contribution in [-0.2, 0) is 16.0 Å². The predicted molar refractivity (Wildman–Crippen MR) is 65.5 cm³/mol. The Balaban J connectivity index is 2.95. The maximum absolute atomic E-state index is 13.0. The van der Waals surface area contributed by atoms with Crippen LogP contribution in [0.1, 0.15) is 19.4 Å². The van der Waals surface area contributed by atoms with Gasteiger partial charge in [-0.2, -0.15) is 5.26 Å². The number of nitrogens with zero attached hydrogens (tertiary/aromatic N) is 1. The summed E-state index contributed by atoms with van der Waals surface area (Å²) in [6, 6.07) is 6.05. The van der Waals surface area contributed by atoms with Gasteiger partial charge in [-0.05, 0) is 31.5 Å². The molecule has 0 aliphatic carbocycles. The van der Waals surface area contributed by atoms with Crippen molar-refractivity contribution in [2.75, 3.05) is 6.61 Å². The summed E-state index contributed by atoms with van der Waals surface area (Å²) in [6.45, 7) is 3.37. The molecule has 1 unspecified atom stereocenters. The van der Waals surface area contributed by atoms with Crippen LogP contribution in [0, 0.1) is 22.6 Å². The van der Waals surface area contributed by atoms with Crippen molar-refractivity contribution in [3.8, 4) is 6.07 Å². The minimum Gasteiger partial charge on any atom is -0.465 e. The fourth-order valence-electron chi connectivity index (χ4n) is 1.51. The molecular weight excluding hydrogens is 257 g/mol. The highest BCUT2D eigenvalue weighted by atomic mass is 35.5. The summed E-state index contributed by atoms with van der Waals surface area (Å²) < 4.78 is 17.9. The molecule has 0 amide bonds. The topological polar surface area (TPSA) is 50.1 Å². The maximum Gasteiger partial charge on any atom is 0.326 e. The van der Waals surface area contributed by atoms with E-state index in [2.05, 4.69) is 0 Å². The summed E-state index contributed by atoms with van der Waals surface area (Å²) in [6.07, 6.45) is 0.127. The third kappa shape index (κ3) is 3.21. The molecule has 0 aliphatic rings. The number of carbonyl (C=O) groups is 1. The van der Waals surface area contributed by atoms with Crippen LogP contribution in [0.25, 0.3) is 0 Å². The molecule has 0 saturated heterocycles. The van der Waals surface area contributed by atoms with Gasteiger partial charge in [0.05, 0.1) is 17.7 Å². The Labute approximate surface area is 110 Å². The largest absolute Gasteiger partial charge is 0.465 e. The second-order valence-electron chi connectivity index (χ2n) is 4.09. The lowest BCUT2D eigenvalue weighted by molar-refractivity contribution is -0.151. The highest BCUT2D eigenvalue weighted by molar-refractivity contribution is 6.30. The number of hydrogen-bond acceptors (Lipinski definition) is 3. The summed E-state index contributed by atoms with van der Waals surface area (Å²) in [5.41, 5.74) is -0.685. The number of esters is 1. The Morgan fingerprint density at radius 1 is 1.61 bits per heavy atom. The fourth-order valence-corrected chi connectivity index (χ4v) is 1.71. The van der Waals surface area contributed by atoms with Crippen molar-refractivity contribution in [3.63, 3.8) is 0 Å². The van der Waals surface area contributed by atoms with Gasteiger partial charge < -0.3 is 4.74 Å². The summed E-state index contributed by atoms with van der Waals surface area (Å²) in [5, 5.41) is 9.08. The Morgan fingerprint density at radius 2 is 2.28 bits per heavy atom. The van der Waals surface area contributed by atoms with Crippen LogP contribution in [0.2, 0.25) is 5.02 Å². The first-order chi connectivity index (χ1) is 8.42. The second-order valence-corrected chi connectivity index (χ2v) is 4.50. The van der Waals surface area contributed by atoms with E-state index >= 15 is 0 Å². The van der Waals surface area contributed by atoms with Gasteiger partial charge >= 0.3 is 5.97 Å². The van der Waals surface area contributed by atoms with Crippen molar-refractivity contribution in [3.05, 3.63) is 34.6 Å². The first kappa shape index (κ1) is 14.5. The van der Waals surface area contributed by atoms with Crippen molar-refractivity contribution < 1.29 is 13.9 Å². The van der Waals surface area contributed by atoms with Gasteiger partial charge in [-0.1, -0.05) is 17.7 Å². The normalized spacial score (nSPS) is 13.5. The molecule has 0 spiro atoms. The smallest absolute Gasteiger partial charge is 0.326 e. The van der Waals surface area contributed by atoms with Gasteiger partial charge in [0.15, 0.2) is 5.41 Å². The summed E-state index contributed by atoms with van der Waals surface area (Å²) in [4.78, 5) is 11.7. The van der Waals surface area contributed by atoms with E-state index in [4.69, 9.17) is 21.6 Å². The Hall–Kier alpha value is -1.60. The number of halogens is 2. The first-order valence-corrected chi connectivity index (χ1v) is 5.83. The molecule has 0 N–H and O–H groups in total. The summed E-state index contributed by atoms with van der Waals surface area (Å²) in [7, 11) is 0. The Bertz CT molecular complexity index is 498. The lowest BCUT2D eigenvalue weighted by atomic mass is 9.85. The molecule has 1 rings (SSSR count). The zero-order valence-corrected chi connectivity index (χ0v) is 10.9. The van der Waals surface area contributed by atoms with E-state index < -0.39 is 17.2 Å². The van der Waals surface area contributed by atoms with E-state index in [0.717, 1.165) is 0 Å². The van der Waals surface area contributed by atoms with Gasteiger partial charge in [0, 0.05) is 6.42 Å². The van der Waals surface area contributed by atoms with Gasteiger partial charge in [0.2, 0.25) is 0 Å². The second kappa shape index (κ2) is 5.83. The fraction of sp³-hybridized carbons (Fsp3) is 0.385. The maximum atomic E-state index is 13.0. The van der Waals surface area contributed by atoms with Crippen LogP contribution in [0.3, 0.4) is 0 Å². The predicted octanol–water partition coefficient (Wildman–Crippen LogP) is 3.11. The lowest BCUT2D eigenvalue weighted by Crippen LogP contribution is -2.30. The molecule has 96 valence electrons. The molecule has 18 heavy (non-hydrogen) atoms. The number of nitriles is 1. The summed E-state index contributed by atoms with van der Waals surface area (Å²) in [5.74, 6) is -1.12. The average Bonchev–Trinajstić information content (AvgIpc) is 2.34.